The molecule has 0 amide bonds. The number of unbranched alkanes of at least 4 members (excludes halogenated alkanes) is 1. The first-order valence-electron chi connectivity index (χ1n) is 19.1. The molecule has 5 rings (SSSR count). The third-order valence-corrected chi connectivity index (χ3v) is 11.8. The summed E-state index contributed by atoms with van der Waals surface area (Å²) in [4.78, 5) is 6.40. The predicted octanol–water partition coefficient (Wildman–Crippen LogP) is 9.78. The number of benzene rings is 3. The van der Waals surface area contributed by atoms with Crippen LogP contribution in [-0.2, 0) is 25.8 Å². The van der Waals surface area contributed by atoms with Crippen LogP contribution in [0.1, 0.15) is 72.4 Å². The lowest BCUT2D eigenvalue weighted by atomic mass is 9.91. The van der Waals surface area contributed by atoms with Crippen LogP contribution in [0.15, 0.2) is 89.4 Å². The van der Waals surface area contributed by atoms with Gasteiger partial charge in [-0.1, -0.05) is 67.6 Å². The highest BCUT2D eigenvalue weighted by molar-refractivity contribution is 7.99. The molecular formula is C45H57FN4S. The van der Waals surface area contributed by atoms with Gasteiger partial charge in [0.15, 0.2) is 0 Å². The molecule has 2 aliphatic rings. The Balaban J connectivity index is 1.31. The quantitative estimate of drug-likeness (QED) is 0.0696. The van der Waals surface area contributed by atoms with Gasteiger partial charge in [0.25, 0.3) is 0 Å². The third-order valence-electron chi connectivity index (χ3n) is 10.7. The van der Waals surface area contributed by atoms with Crippen LogP contribution in [-0.4, -0.2) is 61.4 Å². The molecule has 6 heteroatoms. The molecule has 0 saturated carbocycles. The van der Waals surface area contributed by atoms with Crippen LogP contribution >= 0.6 is 11.8 Å². The number of hydrogen-bond acceptors (Lipinski definition) is 5. The van der Waals surface area contributed by atoms with Crippen LogP contribution in [0.2, 0.25) is 0 Å². The summed E-state index contributed by atoms with van der Waals surface area (Å²) in [6, 6.07) is 19.3. The maximum Gasteiger partial charge on any atom is 0.134 e. The van der Waals surface area contributed by atoms with Crippen molar-refractivity contribution in [1.82, 2.24) is 15.1 Å². The Kier molecular flexibility index (Phi) is 15.2. The summed E-state index contributed by atoms with van der Waals surface area (Å²) in [5, 5.41) is 12.9. The molecule has 0 spiro atoms. The molecule has 2 saturated heterocycles. The largest absolute Gasteiger partial charge is 0.314 e. The lowest BCUT2D eigenvalue weighted by molar-refractivity contribution is 0.219. The number of hydrogen-bond donors (Lipinski definition) is 1. The first-order valence-corrected chi connectivity index (χ1v) is 20.0. The molecule has 0 bridgehead atoms. The number of halogens is 1. The lowest BCUT2D eigenvalue weighted by Crippen LogP contribution is -2.43. The average Bonchev–Trinajstić information content (AvgIpc) is 3.16. The zero-order valence-corrected chi connectivity index (χ0v) is 32.0. The maximum atomic E-state index is 16.3. The molecule has 2 aliphatic heterocycles. The van der Waals surface area contributed by atoms with Gasteiger partial charge in [-0.15, -0.1) is 11.8 Å². The van der Waals surface area contributed by atoms with Gasteiger partial charge in [0.2, 0.25) is 0 Å². The molecule has 0 atom stereocenters. The van der Waals surface area contributed by atoms with Crippen molar-refractivity contribution < 1.29 is 4.39 Å². The van der Waals surface area contributed by atoms with E-state index in [1.54, 1.807) is 0 Å². The predicted molar refractivity (Wildman–Crippen MR) is 215 cm³/mol. The number of rotatable bonds is 16. The molecule has 0 aromatic heterocycles. The van der Waals surface area contributed by atoms with Crippen molar-refractivity contribution >= 4 is 11.8 Å². The fourth-order valence-electron chi connectivity index (χ4n) is 7.46. The maximum absolute atomic E-state index is 16.3. The second-order valence-electron chi connectivity index (χ2n) is 14.2. The van der Waals surface area contributed by atoms with Gasteiger partial charge in [-0.2, -0.15) is 5.26 Å². The van der Waals surface area contributed by atoms with E-state index >= 15 is 4.39 Å². The number of allylic oxidation sites excluding steroid dienone is 4. The van der Waals surface area contributed by atoms with Gasteiger partial charge in [-0.3, -0.25) is 4.90 Å². The molecule has 0 radical (unpaired) electrons. The second-order valence-corrected chi connectivity index (χ2v) is 15.2. The minimum Gasteiger partial charge on any atom is -0.314 e. The normalized spacial score (nSPS) is 16.3. The van der Waals surface area contributed by atoms with Crippen molar-refractivity contribution in [1.29, 1.82) is 5.26 Å². The summed E-state index contributed by atoms with van der Waals surface area (Å²) in [5.41, 5.74) is 10.6. The third kappa shape index (κ3) is 11.0. The number of nitrogens with zero attached hydrogens (tertiary/aromatic N) is 3. The van der Waals surface area contributed by atoms with E-state index < -0.39 is 0 Å². The van der Waals surface area contributed by atoms with E-state index in [1.807, 2.05) is 55.1 Å². The highest BCUT2D eigenvalue weighted by Gasteiger charge is 2.18. The minimum absolute atomic E-state index is 0.0940. The van der Waals surface area contributed by atoms with E-state index in [2.05, 4.69) is 71.9 Å². The van der Waals surface area contributed by atoms with E-state index in [0.29, 0.717) is 17.6 Å². The van der Waals surface area contributed by atoms with Gasteiger partial charge in [0, 0.05) is 54.5 Å². The fraction of sp³-hybridized carbons (Fsp3) is 0.444. The Hall–Kier alpha value is -3.47. The number of piperazine rings is 1. The van der Waals surface area contributed by atoms with E-state index in [0.717, 1.165) is 94.1 Å². The van der Waals surface area contributed by atoms with Crippen LogP contribution in [0.25, 0.3) is 11.1 Å². The van der Waals surface area contributed by atoms with E-state index in [9.17, 15) is 5.26 Å². The Morgan fingerprint density at radius 1 is 0.882 bits per heavy atom. The van der Waals surface area contributed by atoms with E-state index in [-0.39, 0.29) is 5.82 Å². The van der Waals surface area contributed by atoms with Crippen LogP contribution in [0.4, 0.5) is 4.39 Å². The van der Waals surface area contributed by atoms with Gasteiger partial charge in [-0.25, -0.2) is 4.39 Å². The minimum atomic E-state index is -0.0940. The molecule has 2 heterocycles. The molecule has 2 fully saturated rings. The Morgan fingerprint density at radius 2 is 1.61 bits per heavy atom. The van der Waals surface area contributed by atoms with E-state index in [4.69, 9.17) is 0 Å². The van der Waals surface area contributed by atoms with Gasteiger partial charge < -0.3 is 10.2 Å². The van der Waals surface area contributed by atoms with Crippen molar-refractivity contribution in [3.8, 4) is 17.2 Å². The summed E-state index contributed by atoms with van der Waals surface area (Å²) in [6.45, 7) is 19.1. The summed E-state index contributed by atoms with van der Waals surface area (Å²) in [5.74, 6) is 0.645. The van der Waals surface area contributed by atoms with Crippen LogP contribution in [0.5, 0.6) is 0 Å². The number of nitriles is 1. The highest BCUT2D eigenvalue weighted by Crippen LogP contribution is 2.33. The van der Waals surface area contributed by atoms with Gasteiger partial charge in [0.05, 0.1) is 6.07 Å². The molecule has 270 valence electrons. The monoisotopic (exact) mass is 704 g/mol. The number of aryl methyl sites for hydroxylation is 4. The first kappa shape index (κ1) is 38.8. The van der Waals surface area contributed by atoms with Crippen molar-refractivity contribution in [2.75, 3.05) is 51.6 Å². The lowest BCUT2D eigenvalue weighted by Gasteiger charge is -2.28. The van der Waals surface area contributed by atoms with Crippen molar-refractivity contribution in [2.24, 2.45) is 0 Å². The summed E-state index contributed by atoms with van der Waals surface area (Å²) < 4.78 is 16.3. The zero-order valence-electron chi connectivity index (χ0n) is 31.2. The molecule has 0 unspecified atom stereocenters. The molecule has 51 heavy (non-hydrogen) atoms. The zero-order chi connectivity index (χ0) is 36.0. The first-order chi connectivity index (χ1) is 24.9. The number of nitrogens with one attached hydrogen (secondary N) is 1. The Morgan fingerprint density at radius 3 is 2.33 bits per heavy atom. The van der Waals surface area contributed by atoms with Gasteiger partial charge in [0.1, 0.15) is 5.82 Å². The summed E-state index contributed by atoms with van der Waals surface area (Å²) in [6.07, 6.45) is 14.2. The van der Waals surface area contributed by atoms with E-state index in [1.165, 1.54) is 58.4 Å². The topological polar surface area (TPSA) is 42.3 Å². The second kappa shape index (κ2) is 20.0. The molecule has 0 aliphatic carbocycles. The molecule has 3 aromatic rings. The highest BCUT2D eigenvalue weighted by atomic mass is 32.2. The SMILES string of the molecule is C=C/C(=C\C(C#N)=C/C)CSc1cc(CCc2cccc(-c3cccc(CCCCN4CCNCC4)c3C)c2F)c(C)cc1CN1CCCCC1. The van der Waals surface area contributed by atoms with Crippen molar-refractivity contribution in [3.05, 3.63) is 124 Å². The average molecular weight is 705 g/mol. The standard InChI is InChI=1S/C45H57FN4S/c1-5-36(31-47)29-37(6-2)33-51-44-30-40(34(3)28-41(44)32-50-24-9-7-10-25-50)20-19-39-16-13-18-43(45(39)46)42-17-12-15-38(35(42)4)14-8-11-23-49-26-21-48-22-27-49/h5-6,12-13,15-18,28-30,48H,2,7-11,14,19-27,32-33H2,1,3-4H3/b36-5+,37-29+. The van der Waals surface area contributed by atoms with Crippen LogP contribution in [0.3, 0.4) is 0 Å². The number of thioether (sulfide) groups is 1. The molecule has 3 aromatic carbocycles. The van der Waals surface area contributed by atoms with Crippen LogP contribution in [0, 0.1) is 31.0 Å². The Bertz CT molecular complexity index is 1720. The molecule has 1 N–H and O–H groups in total. The molecule has 4 nitrogen and oxygen atoms in total. The number of piperidine rings is 1. The number of likely N-dealkylation sites (tertiary alicyclic amines) is 1. The van der Waals surface area contributed by atoms with Crippen molar-refractivity contribution in [3.63, 3.8) is 0 Å². The van der Waals surface area contributed by atoms with Gasteiger partial charge in [-0.05, 0) is 142 Å². The molecular weight excluding hydrogens is 648 g/mol. The summed E-state index contributed by atoms with van der Waals surface area (Å²) >= 11 is 1.81. The van der Waals surface area contributed by atoms with Gasteiger partial charge >= 0.3 is 0 Å². The Labute approximate surface area is 311 Å². The fourth-order valence-corrected chi connectivity index (χ4v) is 8.52. The van der Waals surface area contributed by atoms with Crippen molar-refractivity contribution in [2.45, 2.75) is 83.6 Å². The smallest absolute Gasteiger partial charge is 0.134 e. The summed E-state index contributed by atoms with van der Waals surface area (Å²) in [7, 11) is 0. The van der Waals surface area contributed by atoms with Crippen LogP contribution < -0.4 is 5.32 Å².